The molecule has 0 unspecified atom stereocenters. The molecule has 250 valence electrons. The number of nitrogens with one attached hydrogen (secondary N) is 2. The molecule has 6 rings (SSSR count). The van der Waals surface area contributed by atoms with E-state index in [1.807, 2.05) is 12.1 Å². The minimum Gasteiger partial charge on any atom is -0.354 e. The number of hydrogen-bond donors (Lipinski definition) is 2. The van der Waals surface area contributed by atoms with Crippen molar-refractivity contribution < 1.29 is 14.4 Å². The summed E-state index contributed by atoms with van der Waals surface area (Å²) in [6.07, 6.45) is 11.5. The Bertz CT molecular complexity index is 1490. The molecule has 2 amide bonds. The molecule has 6 heteroatoms. The standard InChI is InChI=1S/C40H55BrN2O3/c1-25-23-37(6)30(36(4,5)32(25)44)15-16-39(8)31(37)14-13-28-29-24-35(2,3)17-19-40(29,20-18-38(28,39)7)34(46)43-22-21-42-33(45)26-9-11-27(41)12-10-26/h9-13,29-31H,1,14-24H2,2-8H3,(H,42,45)(H,43,46)/t29-,30-,31+,37-,38+,39+,40-/m0/s1. The van der Waals surface area contributed by atoms with E-state index >= 15 is 0 Å². The molecule has 0 spiro atoms. The Kier molecular flexibility index (Phi) is 8.18. The summed E-state index contributed by atoms with van der Waals surface area (Å²) in [4.78, 5) is 40.3. The van der Waals surface area contributed by atoms with Crippen molar-refractivity contribution in [2.75, 3.05) is 13.1 Å². The van der Waals surface area contributed by atoms with E-state index in [9.17, 15) is 14.4 Å². The van der Waals surface area contributed by atoms with Gasteiger partial charge >= 0.3 is 0 Å². The Morgan fingerprint density at radius 1 is 0.891 bits per heavy atom. The first-order chi connectivity index (χ1) is 21.4. The molecule has 5 aliphatic carbocycles. The summed E-state index contributed by atoms with van der Waals surface area (Å²) in [5.74, 6) is 1.36. The number of hydrogen-bond acceptors (Lipinski definition) is 3. The molecule has 0 heterocycles. The molecule has 0 aliphatic heterocycles. The Morgan fingerprint density at radius 2 is 1.54 bits per heavy atom. The summed E-state index contributed by atoms with van der Waals surface area (Å²) < 4.78 is 0.934. The number of ketones is 1. The Hall–Kier alpha value is -2.21. The van der Waals surface area contributed by atoms with Crippen molar-refractivity contribution in [3.05, 3.63) is 58.1 Å². The first kappa shape index (κ1) is 33.7. The molecule has 5 nitrogen and oxygen atoms in total. The number of carbonyl (C=O) groups is 3. The molecule has 2 N–H and O–H groups in total. The van der Waals surface area contributed by atoms with Crippen molar-refractivity contribution >= 4 is 33.5 Å². The third kappa shape index (κ3) is 4.93. The van der Waals surface area contributed by atoms with Gasteiger partial charge in [-0.15, -0.1) is 0 Å². The quantitative estimate of drug-likeness (QED) is 0.184. The number of halogens is 1. The average molecular weight is 692 g/mol. The lowest BCUT2D eigenvalue weighted by atomic mass is 9.33. The summed E-state index contributed by atoms with van der Waals surface area (Å²) in [6.45, 7) is 21.8. The summed E-state index contributed by atoms with van der Waals surface area (Å²) in [6, 6.07) is 7.31. The van der Waals surface area contributed by atoms with Gasteiger partial charge in [0, 0.05) is 28.5 Å². The Balaban J connectivity index is 1.25. The maximum Gasteiger partial charge on any atom is 0.251 e. The summed E-state index contributed by atoms with van der Waals surface area (Å²) in [7, 11) is 0. The molecule has 4 fully saturated rings. The first-order valence-electron chi connectivity index (χ1n) is 17.7. The highest BCUT2D eigenvalue weighted by Crippen LogP contribution is 2.75. The predicted molar refractivity (Wildman–Crippen MR) is 188 cm³/mol. The molecule has 4 saturated carbocycles. The fraction of sp³-hybridized carbons (Fsp3) is 0.675. The van der Waals surface area contributed by atoms with Crippen LogP contribution in [0.1, 0.15) is 117 Å². The van der Waals surface area contributed by atoms with E-state index in [4.69, 9.17) is 0 Å². The van der Waals surface area contributed by atoms with Crippen LogP contribution >= 0.6 is 15.9 Å². The van der Waals surface area contributed by atoms with Gasteiger partial charge in [0.2, 0.25) is 5.91 Å². The maximum absolute atomic E-state index is 14.3. The van der Waals surface area contributed by atoms with Crippen LogP contribution in [0.15, 0.2) is 52.5 Å². The fourth-order valence-corrected chi connectivity index (χ4v) is 12.1. The molecular weight excluding hydrogens is 636 g/mol. The zero-order valence-corrected chi connectivity index (χ0v) is 30.8. The van der Waals surface area contributed by atoms with Gasteiger partial charge in [0.1, 0.15) is 0 Å². The third-order valence-corrected chi connectivity index (χ3v) is 15.1. The molecule has 0 saturated heterocycles. The van der Waals surface area contributed by atoms with Crippen LogP contribution in [-0.2, 0) is 9.59 Å². The molecule has 1 aromatic carbocycles. The van der Waals surface area contributed by atoms with Gasteiger partial charge in [-0.2, -0.15) is 0 Å². The van der Waals surface area contributed by atoms with Crippen LogP contribution in [0.4, 0.5) is 0 Å². The normalized spacial score (nSPS) is 39.1. The van der Waals surface area contributed by atoms with Crippen molar-refractivity contribution in [1.29, 1.82) is 0 Å². The van der Waals surface area contributed by atoms with E-state index in [-0.39, 0.29) is 50.6 Å². The molecule has 5 aliphatic rings. The smallest absolute Gasteiger partial charge is 0.251 e. The third-order valence-electron chi connectivity index (χ3n) is 14.5. The predicted octanol–water partition coefficient (Wildman–Crippen LogP) is 8.83. The number of Topliss-reactive ketones (excluding diaryl/α,β-unsaturated/α-hetero) is 1. The molecule has 0 radical (unpaired) electrons. The first-order valence-corrected chi connectivity index (χ1v) is 18.5. The number of amides is 2. The van der Waals surface area contributed by atoms with E-state index in [1.54, 1.807) is 12.1 Å². The number of fused-ring (bicyclic) bond motifs is 7. The van der Waals surface area contributed by atoms with Crippen molar-refractivity contribution in [2.24, 2.45) is 50.2 Å². The molecule has 0 bridgehead atoms. The van der Waals surface area contributed by atoms with Gasteiger partial charge < -0.3 is 10.6 Å². The van der Waals surface area contributed by atoms with Crippen molar-refractivity contribution in [1.82, 2.24) is 10.6 Å². The van der Waals surface area contributed by atoms with E-state index in [0.29, 0.717) is 30.5 Å². The van der Waals surface area contributed by atoms with Crippen molar-refractivity contribution in [3.63, 3.8) is 0 Å². The molecular formula is C40H55BrN2O3. The van der Waals surface area contributed by atoms with Gasteiger partial charge in [-0.05, 0) is 127 Å². The van der Waals surface area contributed by atoms with Gasteiger partial charge in [0.05, 0.1) is 5.41 Å². The van der Waals surface area contributed by atoms with Crippen molar-refractivity contribution in [3.8, 4) is 0 Å². The average Bonchev–Trinajstić information content (AvgIpc) is 2.98. The second kappa shape index (κ2) is 11.2. The lowest BCUT2D eigenvalue weighted by Gasteiger charge is -2.70. The SMILES string of the molecule is C=C1C[C@]2(C)[C@H]3CC=C4[C@@H]5CC(C)(C)CC[C@]5(C(=O)NCCNC(=O)c5ccc(Br)cc5)CC[C@@]4(C)[C@]3(C)CC[C@H]2C(C)(C)C1=O. The Labute approximate surface area is 285 Å². The second-order valence-electron chi connectivity index (χ2n) is 17.7. The second-order valence-corrected chi connectivity index (χ2v) is 18.6. The molecule has 0 aromatic heterocycles. The summed E-state index contributed by atoms with van der Waals surface area (Å²) in [5, 5.41) is 6.27. The van der Waals surface area contributed by atoms with Crippen LogP contribution in [0.2, 0.25) is 0 Å². The Morgan fingerprint density at radius 3 is 2.24 bits per heavy atom. The zero-order chi connectivity index (χ0) is 33.5. The van der Waals surface area contributed by atoms with E-state index in [1.165, 1.54) is 5.57 Å². The number of allylic oxidation sites excluding steroid dienone is 3. The van der Waals surface area contributed by atoms with E-state index in [0.717, 1.165) is 67.8 Å². The number of rotatable bonds is 5. The monoisotopic (exact) mass is 690 g/mol. The highest BCUT2D eigenvalue weighted by Gasteiger charge is 2.69. The van der Waals surface area contributed by atoms with E-state index < -0.39 is 5.41 Å². The minimum atomic E-state index is -0.408. The summed E-state index contributed by atoms with van der Waals surface area (Å²) in [5.41, 5.74) is 2.50. The van der Waals surface area contributed by atoms with Crippen molar-refractivity contribution in [2.45, 2.75) is 106 Å². The van der Waals surface area contributed by atoms with Crippen LogP contribution in [-0.4, -0.2) is 30.7 Å². The molecule has 7 atom stereocenters. The van der Waals surface area contributed by atoms with Crippen LogP contribution < -0.4 is 10.6 Å². The molecule has 1 aromatic rings. The highest BCUT2D eigenvalue weighted by molar-refractivity contribution is 9.10. The molecule has 46 heavy (non-hydrogen) atoms. The topological polar surface area (TPSA) is 75.3 Å². The maximum atomic E-state index is 14.3. The number of carbonyl (C=O) groups excluding carboxylic acids is 3. The largest absolute Gasteiger partial charge is 0.354 e. The minimum absolute atomic E-state index is 0.0113. The summed E-state index contributed by atoms with van der Waals surface area (Å²) >= 11 is 3.42. The zero-order valence-electron chi connectivity index (χ0n) is 29.2. The van der Waals surface area contributed by atoms with Gasteiger partial charge in [0.25, 0.3) is 5.91 Å². The van der Waals surface area contributed by atoms with Crippen LogP contribution in [0.25, 0.3) is 0 Å². The van der Waals surface area contributed by atoms with E-state index in [2.05, 4.69) is 87.7 Å². The van der Waals surface area contributed by atoms with Gasteiger partial charge in [0.15, 0.2) is 5.78 Å². The lowest BCUT2D eigenvalue weighted by molar-refractivity contribution is -0.179. The highest BCUT2D eigenvalue weighted by atomic mass is 79.9. The van der Waals surface area contributed by atoms with Crippen LogP contribution in [0.5, 0.6) is 0 Å². The number of benzene rings is 1. The fourth-order valence-electron chi connectivity index (χ4n) is 11.8. The van der Waals surface area contributed by atoms with Crippen LogP contribution in [0, 0.1) is 50.2 Å². The lowest BCUT2D eigenvalue weighted by Crippen LogP contribution is -2.65. The van der Waals surface area contributed by atoms with Gasteiger partial charge in [-0.25, -0.2) is 0 Å². The van der Waals surface area contributed by atoms with Gasteiger partial charge in [-0.3, -0.25) is 14.4 Å². The van der Waals surface area contributed by atoms with Gasteiger partial charge in [-0.1, -0.05) is 82.6 Å². The van der Waals surface area contributed by atoms with Crippen LogP contribution in [0.3, 0.4) is 0 Å².